The standard InChI is InChI=1S/C15H17N3O2S/c1-10(20-2)12(19)16-14-18-17-13(21-14)15(8-9-15)11-6-4-3-5-7-11/h3-7,10H,8-9H2,1-2H3,(H,16,18,19)/t10-/m0/s1. The first kappa shape index (κ1) is 14.2. The Labute approximate surface area is 127 Å². The molecule has 0 bridgehead atoms. The van der Waals surface area contributed by atoms with Crippen molar-refractivity contribution in [3.63, 3.8) is 0 Å². The second-order valence-corrected chi connectivity index (χ2v) is 6.21. The highest BCUT2D eigenvalue weighted by atomic mass is 32.1. The molecule has 0 radical (unpaired) electrons. The van der Waals surface area contributed by atoms with E-state index in [-0.39, 0.29) is 11.3 Å². The molecular formula is C15H17N3O2S. The highest BCUT2D eigenvalue weighted by Crippen LogP contribution is 2.54. The van der Waals surface area contributed by atoms with Crippen LogP contribution < -0.4 is 5.32 Å². The number of ether oxygens (including phenoxy) is 1. The van der Waals surface area contributed by atoms with Gasteiger partial charge >= 0.3 is 0 Å². The fraction of sp³-hybridized carbons (Fsp3) is 0.400. The summed E-state index contributed by atoms with van der Waals surface area (Å²) >= 11 is 1.44. The molecule has 1 aromatic carbocycles. The van der Waals surface area contributed by atoms with E-state index in [9.17, 15) is 4.79 Å². The van der Waals surface area contributed by atoms with E-state index < -0.39 is 6.10 Å². The third-order valence-corrected chi connectivity index (χ3v) is 4.91. The number of methoxy groups -OCH3 is 1. The lowest BCUT2D eigenvalue weighted by Crippen LogP contribution is -2.26. The number of nitrogens with zero attached hydrogens (tertiary/aromatic N) is 2. The van der Waals surface area contributed by atoms with Gasteiger partial charge in [0, 0.05) is 12.5 Å². The maximum absolute atomic E-state index is 11.8. The Morgan fingerprint density at radius 2 is 2.05 bits per heavy atom. The van der Waals surface area contributed by atoms with Crippen LogP contribution in [0.1, 0.15) is 30.3 Å². The van der Waals surface area contributed by atoms with Gasteiger partial charge in [-0.15, -0.1) is 10.2 Å². The van der Waals surface area contributed by atoms with Crippen molar-refractivity contribution in [3.05, 3.63) is 40.9 Å². The summed E-state index contributed by atoms with van der Waals surface area (Å²) in [7, 11) is 1.50. The van der Waals surface area contributed by atoms with Gasteiger partial charge in [-0.3, -0.25) is 10.1 Å². The molecule has 1 aromatic heterocycles. The number of carbonyl (C=O) groups is 1. The van der Waals surface area contributed by atoms with Crippen molar-refractivity contribution in [2.24, 2.45) is 0 Å². The zero-order valence-electron chi connectivity index (χ0n) is 12.0. The maximum atomic E-state index is 11.8. The van der Waals surface area contributed by atoms with Crippen molar-refractivity contribution in [1.82, 2.24) is 10.2 Å². The summed E-state index contributed by atoms with van der Waals surface area (Å²) in [6.45, 7) is 1.70. The fourth-order valence-corrected chi connectivity index (χ4v) is 3.30. The van der Waals surface area contributed by atoms with Gasteiger partial charge in [-0.1, -0.05) is 41.7 Å². The summed E-state index contributed by atoms with van der Waals surface area (Å²) in [6.07, 6.45) is 1.66. The van der Waals surface area contributed by atoms with Crippen molar-refractivity contribution >= 4 is 22.4 Å². The van der Waals surface area contributed by atoms with Crippen LogP contribution in [0.2, 0.25) is 0 Å². The second-order valence-electron chi connectivity index (χ2n) is 5.23. The van der Waals surface area contributed by atoms with E-state index in [4.69, 9.17) is 4.74 Å². The predicted molar refractivity (Wildman–Crippen MR) is 81.5 cm³/mol. The van der Waals surface area contributed by atoms with Gasteiger partial charge in [0.2, 0.25) is 5.13 Å². The summed E-state index contributed by atoms with van der Waals surface area (Å²) in [4.78, 5) is 11.8. The minimum absolute atomic E-state index is 0.00518. The van der Waals surface area contributed by atoms with Gasteiger partial charge in [0.05, 0.1) is 0 Å². The van der Waals surface area contributed by atoms with E-state index >= 15 is 0 Å². The number of hydrogen-bond donors (Lipinski definition) is 1. The third-order valence-electron chi connectivity index (χ3n) is 3.86. The molecule has 5 nitrogen and oxygen atoms in total. The molecule has 1 aliphatic rings. The van der Waals surface area contributed by atoms with Crippen LogP contribution >= 0.6 is 11.3 Å². The molecule has 1 aliphatic carbocycles. The molecule has 6 heteroatoms. The quantitative estimate of drug-likeness (QED) is 0.922. The van der Waals surface area contributed by atoms with Crippen LogP contribution in [0.4, 0.5) is 5.13 Å². The molecule has 1 N–H and O–H groups in total. The summed E-state index contributed by atoms with van der Waals surface area (Å²) < 4.78 is 4.98. The molecule has 0 aliphatic heterocycles. The van der Waals surface area contributed by atoms with Crippen LogP contribution in [0, 0.1) is 0 Å². The molecule has 1 amide bonds. The van der Waals surface area contributed by atoms with E-state index in [0.717, 1.165) is 17.8 Å². The van der Waals surface area contributed by atoms with Crippen molar-refractivity contribution < 1.29 is 9.53 Å². The SMILES string of the molecule is CO[C@@H](C)C(=O)Nc1nnc(C2(c3ccccc3)CC2)s1. The molecule has 0 unspecified atom stereocenters. The number of carbonyl (C=O) groups excluding carboxylic acids is 1. The number of hydrogen-bond acceptors (Lipinski definition) is 5. The van der Waals surface area contributed by atoms with E-state index in [0.29, 0.717) is 5.13 Å². The Morgan fingerprint density at radius 1 is 1.33 bits per heavy atom. The molecular weight excluding hydrogens is 286 g/mol. The van der Waals surface area contributed by atoms with Crippen molar-refractivity contribution in [3.8, 4) is 0 Å². The summed E-state index contributed by atoms with van der Waals surface area (Å²) in [5, 5.41) is 12.6. The first-order valence-electron chi connectivity index (χ1n) is 6.89. The Bertz CT molecular complexity index is 637. The fourth-order valence-electron chi connectivity index (χ4n) is 2.29. The normalized spacial score (nSPS) is 17.2. The van der Waals surface area contributed by atoms with Crippen LogP contribution in [0.3, 0.4) is 0 Å². The summed E-state index contributed by atoms with van der Waals surface area (Å²) in [6, 6.07) is 10.3. The molecule has 0 saturated heterocycles. The van der Waals surface area contributed by atoms with Crippen LogP contribution in [0.25, 0.3) is 0 Å². The number of anilines is 1. The predicted octanol–water partition coefficient (Wildman–Crippen LogP) is 2.59. The van der Waals surface area contributed by atoms with Crippen LogP contribution in [-0.4, -0.2) is 29.3 Å². The minimum Gasteiger partial charge on any atom is -0.372 e. The molecule has 1 fully saturated rings. The molecule has 1 atom stereocenters. The first-order valence-corrected chi connectivity index (χ1v) is 7.70. The lowest BCUT2D eigenvalue weighted by molar-refractivity contribution is -0.124. The number of aromatic nitrogens is 2. The van der Waals surface area contributed by atoms with E-state index in [1.54, 1.807) is 6.92 Å². The Hall–Kier alpha value is -1.79. The number of amides is 1. The average molecular weight is 303 g/mol. The lowest BCUT2D eigenvalue weighted by Gasteiger charge is -2.11. The molecule has 1 saturated carbocycles. The van der Waals surface area contributed by atoms with Gasteiger partial charge in [-0.25, -0.2) is 0 Å². The first-order chi connectivity index (χ1) is 10.2. The van der Waals surface area contributed by atoms with Crippen LogP contribution in [0.15, 0.2) is 30.3 Å². The molecule has 3 rings (SSSR count). The monoisotopic (exact) mass is 303 g/mol. The number of rotatable bonds is 5. The third kappa shape index (κ3) is 2.69. The van der Waals surface area contributed by atoms with Crippen LogP contribution in [0.5, 0.6) is 0 Å². The second kappa shape index (κ2) is 5.54. The van der Waals surface area contributed by atoms with Gasteiger partial charge in [0.25, 0.3) is 5.91 Å². The molecule has 110 valence electrons. The van der Waals surface area contributed by atoms with Gasteiger partial charge in [-0.2, -0.15) is 0 Å². The van der Waals surface area contributed by atoms with Gasteiger partial charge < -0.3 is 4.74 Å². The zero-order chi connectivity index (χ0) is 14.9. The van der Waals surface area contributed by atoms with E-state index in [1.165, 1.54) is 24.0 Å². The van der Waals surface area contributed by atoms with Gasteiger partial charge in [-0.05, 0) is 25.3 Å². The number of benzene rings is 1. The topological polar surface area (TPSA) is 64.1 Å². The highest BCUT2D eigenvalue weighted by Gasteiger charge is 2.48. The van der Waals surface area contributed by atoms with E-state index in [2.05, 4.69) is 27.6 Å². The molecule has 1 heterocycles. The maximum Gasteiger partial charge on any atom is 0.255 e. The van der Waals surface area contributed by atoms with Crippen molar-refractivity contribution in [2.75, 3.05) is 12.4 Å². The smallest absolute Gasteiger partial charge is 0.255 e. The Kier molecular flexibility index (Phi) is 3.73. The lowest BCUT2D eigenvalue weighted by atomic mass is 9.97. The largest absolute Gasteiger partial charge is 0.372 e. The Balaban J connectivity index is 1.78. The summed E-state index contributed by atoms with van der Waals surface area (Å²) in [5.74, 6) is -0.204. The van der Waals surface area contributed by atoms with Crippen LogP contribution in [-0.2, 0) is 14.9 Å². The Morgan fingerprint density at radius 3 is 2.67 bits per heavy atom. The molecule has 2 aromatic rings. The molecule has 21 heavy (non-hydrogen) atoms. The van der Waals surface area contributed by atoms with Crippen molar-refractivity contribution in [1.29, 1.82) is 0 Å². The van der Waals surface area contributed by atoms with E-state index in [1.807, 2.05) is 18.2 Å². The molecule has 0 spiro atoms. The zero-order valence-corrected chi connectivity index (χ0v) is 12.8. The van der Waals surface area contributed by atoms with Crippen molar-refractivity contribution in [2.45, 2.75) is 31.3 Å². The van der Waals surface area contributed by atoms with Gasteiger partial charge in [0.1, 0.15) is 11.1 Å². The highest BCUT2D eigenvalue weighted by molar-refractivity contribution is 7.15. The number of nitrogens with one attached hydrogen (secondary N) is 1. The summed E-state index contributed by atoms with van der Waals surface area (Å²) in [5.41, 5.74) is 1.26. The average Bonchev–Trinajstić information content (AvgIpc) is 3.21. The minimum atomic E-state index is -0.499. The van der Waals surface area contributed by atoms with Gasteiger partial charge in [0.15, 0.2) is 0 Å².